The van der Waals surface area contributed by atoms with Crippen LogP contribution in [0.4, 0.5) is 14.5 Å². The van der Waals surface area contributed by atoms with Crippen molar-refractivity contribution in [2.75, 3.05) is 53.8 Å². The van der Waals surface area contributed by atoms with Gasteiger partial charge in [-0.15, -0.1) is 0 Å². The van der Waals surface area contributed by atoms with E-state index < -0.39 is 17.7 Å². The minimum Gasteiger partial charge on any atom is -0.493 e. The Kier molecular flexibility index (Phi) is 8.87. The molecule has 2 aromatic carbocycles. The van der Waals surface area contributed by atoms with Crippen molar-refractivity contribution in [3.05, 3.63) is 47.5 Å². The number of rotatable bonds is 9. The molecule has 2 N–H and O–H groups in total. The molecule has 0 aliphatic rings. The summed E-state index contributed by atoms with van der Waals surface area (Å²) in [7, 11) is 8.11. The average Bonchev–Trinajstić information content (AvgIpc) is 2.74. The lowest BCUT2D eigenvalue weighted by Gasteiger charge is -2.24. The molecule has 7 nitrogen and oxygen atoms in total. The van der Waals surface area contributed by atoms with Crippen molar-refractivity contribution in [1.29, 1.82) is 0 Å². The van der Waals surface area contributed by atoms with Crippen LogP contribution in [0.15, 0.2) is 35.3 Å². The van der Waals surface area contributed by atoms with Crippen LogP contribution in [0.3, 0.4) is 0 Å². The van der Waals surface area contributed by atoms with Crippen LogP contribution in [0.2, 0.25) is 0 Å². The highest BCUT2D eigenvalue weighted by Crippen LogP contribution is 2.39. The van der Waals surface area contributed by atoms with Gasteiger partial charge in [0, 0.05) is 29.9 Å². The van der Waals surface area contributed by atoms with Gasteiger partial charge in [0.15, 0.2) is 17.5 Å². The lowest BCUT2D eigenvalue weighted by molar-refractivity contribution is 0.290. The molecule has 1 atom stereocenters. The fourth-order valence-electron chi connectivity index (χ4n) is 3.12. The summed E-state index contributed by atoms with van der Waals surface area (Å²) >= 11 is 0. The van der Waals surface area contributed by atoms with Crippen molar-refractivity contribution in [3.8, 4) is 17.2 Å². The molecule has 0 aliphatic carbocycles. The Hall–Kier alpha value is -3.07. The van der Waals surface area contributed by atoms with Gasteiger partial charge in [-0.25, -0.2) is 8.78 Å². The second-order valence-corrected chi connectivity index (χ2v) is 6.87. The molecule has 0 saturated carbocycles. The first-order chi connectivity index (χ1) is 14.9. The fourth-order valence-corrected chi connectivity index (χ4v) is 3.12. The normalized spacial score (nSPS) is 12.5. The molecule has 0 spiro atoms. The molecule has 0 fully saturated rings. The molecule has 0 aliphatic heterocycles. The van der Waals surface area contributed by atoms with Gasteiger partial charge >= 0.3 is 0 Å². The highest BCUT2D eigenvalue weighted by Gasteiger charge is 2.22. The van der Waals surface area contributed by atoms with Crippen molar-refractivity contribution in [1.82, 2.24) is 10.2 Å². The van der Waals surface area contributed by atoms with Crippen molar-refractivity contribution in [3.63, 3.8) is 0 Å². The van der Waals surface area contributed by atoms with Crippen molar-refractivity contribution in [2.24, 2.45) is 4.99 Å². The highest BCUT2D eigenvalue weighted by atomic mass is 19.1. The summed E-state index contributed by atoms with van der Waals surface area (Å²) < 4.78 is 44.8. The Morgan fingerprint density at radius 1 is 1.03 bits per heavy atom. The third-order valence-electron chi connectivity index (χ3n) is 4.65. The lowest BCUT2D eigenvalue weighted by atomic mass is 10.0. The van der Waals surface area contributed by atoms with Crippen LogP contribution < -0.4 is 24.8 Å². The minimum atomic E-state index is -0.600. The van der Waals surface area contributed by atoms with Crippen LogP contribution in [-0.2, 0) is 0 Å². The Morgan fingerprint density at radius 3 is 2.06 bits per heavy atom. The van der Waals surface area contributed by atoms with E-state index in [1.54, 1.807) is 31.1 Å². The topological polar surface area (TPSA) is 67.4 Å². The maximum Gasteiger partial charge on any atom is 0.203 e. The molecule has 2 rings (SSSR count). The average molecular weight is 437 g/mol. The molecule has 31 heavy (non-hydrogen) atoms. The summed E-state index contributed by atoms with van der Waals surface area (Å²) in [5, 5.41) is 6.30. The number of anilines is 1. The van der Waals surface area contributed by atoms with Crippen LogP contribution in [0.5, 0.6) is 17.2 Å². The first kappa shape index (κ1) is 24.2. The van der Waals surface area contributed by atoms with Crippen LogP contribution in [0, 0.1) is 11.6 Å². The zero-order valence-electron chi connectivity index (χ0n) is 18.8. The van der Waals surface area contributed by atoms with E-state index in [0.29, 0.717) is 35.4 Å². The number of guanidine groups is 1. The van der Waals surface area contributed by atoms with E-state index in [4.69, 9.17) is 14.2 Å². The summed E-state index contributed by atoms with van der Waals surface area (Å²) in [5.41, 5.74) is 0.632. The predicted octanol–water partition coefficient (Wildman–Crippen LogP) is 3.67. The standard InChI is InChI=1S/C22H30F2N4O3/c1-7-25-22(27-14-11-18(29-4)21(31-6)19(12-14)30-5)26-13-17(28(2)3)20-15(23)9-8-10-16(20)24/h8-12,17H,7,13H2,1-6H3,(H2,25,26,27). The smallest absolute Gasteiger partial charge is 0.203 e. The Balaban J connectivity index is 2.35. The molecule has 1 unspecified atom stereocenters. The molecule has 2 aromatic rings. The predicted molar refractivity (Wildman–Crippen MR) is 118 cm³/mol. The molecule has 0 radical (unpaired) electrons. The van der Waals surface area contributed by atoms with Gasteiger partial charge in [-0.3, -0.25) is 4.99 Å². The van der Waals surface area contributed by atoms with Crippen LogP contribution in [0.1, 0.15) is 18.5 Å². The maximum absolute atomic E-state index is 14.3. The molecular formula is C22H30F2N4O3. The number of likely N-dealkylation sites (N-methyl/N-ethyl adjacent to an activating group) is 1. The largest absolute Gasteiger partial charge is 0.493 e. The number of benzene rings is 2. The Labute approximate surface area is 182 Å². The van der Waals surface area contributed by atoms with Gasteiger partial charge in [0.1, 0.15) is 11.6 Å². The van der Waals surface area contributed by atoms with Crippen molar-refractivity contribution in [2.45, 2.75) is 13.0 Å². The van der Waals surface area contributed by atoms with E-state index in [2.05, 4.69) is 15.6 Å². The molecular weight excluding hydrogens is 406 g/mol. The van der Waals surface area contributed by atoms with Crippen LogP contribution in [0.25, 0.3) is 0 Å². The lowest BCUT2D eigenvalue weighted by Crippen LogP contribution is -2.32. The maximum atomic E-state index is 14.3. The van der Waals surface area contributed by atoms with Gasteiger partial charge in [0.25, 0.3) is 0 Å². The molecule has 0 heterocycles. The van der Waals surface area contributed by atoms with Gasteiger partial charge in [0.2, 0.25) is 5.75 Å². The summed E-state index contributed by atoms with van der Waals surface area (Å²) in [6.07, 6.45) is 0. The third kappa shape index (κ3) is 5.97. The molecule has 0 saturated heterocycles. The number of halogens is 2. The quantitative estimate of drug-likeness (QED) is 0.462. The first-order valence-electron chi connectivity index (χ1n) is 9.81. The second kappa shape index (κ2) is 11.4. The number of aliphatic imine (C=N–C) groups is 1. The van der Waals surface area contributed by atoms with Crippen LogP contribution in [-0.4, -0.2) is 59.4 Å². The highest BCUT2D eigenvalue weighted by molar-refractivity contribution is 5.94. The zero-order chi connectivity index (χ0) is 23.0. The van der Waals surface area contributed by atoms with Gasteiger partial charge in [-0.1, -0.05) is 6.07 Å². The number of hydrogen-bond donors (Lipinski definition) is 2. The molecule has 0 aromatic heterocycles. The van der Waals surface area contributed by atoms with Gasteiger partial charge in [-0.2, -0.15) is 0 Å². The van der Waals surface area contributed by atoms with E-state index >= 15 is 0 Å². The van der Waals surface area contributed by atoms with E-state index in [0.717, 1.165) is 0 Å². The van der Waals surface area contributed by atoms with E-state index in [1.165, 1.54) is 39.5 Å². The number of ether oxygens (including phenoxy) is 3. The number of methoxy groups -OCH3 is 3. The summed E-state index contributed by atoms with van der Waals surface area (Å²) in [4.78, 5) is 6.28. The van der Waals surface area contributed by atoms with E-state index in [-0.39, 0.29) is 12.1 Å². The van der Waals surface area contributed by atoms with Crippen molar-refractivity contribution < 1.29 is 23.0 Å². The second-order valence-electron chi connectivity index (χ2n) is 6.87. The monoisotopic (exact) mass is 436 g/mol. The van der Waals surface area contributed by atoms with Crippen molar-refractivity contribution >= 4 is 11.6 Å². The minimum absolute atomic E-state index is 0.0140. The van der Waals surface area contributed by atoms with E-state index in [1.807, 2.05) is 6.92 Å². The Morgan fingerprint density at radius 2 is 1.61 bits per heavy atom. The van der Waals surface area contributed by atoms with Gasteiger partial charge in [0.05, 0.1) is 33.9 Å². The fraction of sp³-hybridized carbons (Fsp3) is 0.409. The van der Waals surface area contributed by atoms with Gasteiger partial charge in [-0.05, 0) is 33.2 Å². The molecule has 0 amide bonds. The zero-order valence-corrected chi connectivity index (χ0v) is 18.8. The molecule has 0 bridgehead atoms. The van der Waals surface area contributed by atoms with Crippen LogP contribution >= 0.6 is 0 Å². The summed E-state index contributed by atoms with van der Waals surface area (Å²) in [5.74, 6) is 0.688. The SMILES string of the molecule is CCNC(=NCC(c1c(F)cccc1F)N(C)C)Nc1cc(OC)c(OC)c(OC)c1. The summed E-state index contributed by atoms with van der Waals surface area (Å²) in [6.45, 7) is 2.65. The summed E-state index contributed by atoms with van der Waals surface area (Å²) in [6, 6.07) is 6.75. The molecule has 9 heteroatoms. The number of nitrogens with zero attached hydrogens (tertiary/aromatic N) is 2. The first-order valence-corrected chi connectivity index (χ1v) is 9.81. The molecule has 170 valence electrons. The third-order valence-corrected chi connectivity index (χ3v) is 4.65. The Bertz CT molecular complexity index is 861. The number of hydrogen-bond acceptors (Lipinski definition) is 5. The van der Waals surface area contributed by atoms with E-state index in [9.17, 15) is 8.78 Å². The number of nitrogens with one attached hydrogen (secondary N) is 2. The van der Waals surface area contributed by atoms with Gasteiger partial charge < -0.3 is 29.7 Å².